The fraction of sp³-hybridized carbons (Fsp3) is 0.889. The maximum atomic E-state index is 2.32. The molecule has 0 N–H and O–H groups in total. The van der Waals surface area contributed by atoms with E-state index in [9.17, 15) is 0 Å². The van der Waals surface area contributed by atoms with E-state index in [1.54, 1.807) is 0 Å². The standard InChI is InChI=1S/C9H19S/c1-5-6-10-7-9(4)8(2)3/h6,8-9H,5,7H2,1-4H3. The van der Waals surface area contributed by atoms with Gasteiger partial charge < -0.3 is 0 Å². The molecule has 10 heavy (non-hydrogen) atoms. The molecule has 0 aromatic carbocycles. The molecule has 0 bridgehead atoms. The van der Waals surface area contributed by atoms with Gasteiger partial charge in [-0.05, 0) is 24.0 Å². The van der Waals surface area contributed by atoms with Crippen LogP contribution >= 0.6 is 11.8 Å². The van der Waals surface area contributed by atoms with E-state index >= 15 is 0 Å². The van der Waals surface area contributed by atoms with E-state index in [1.807, 2.05) is 11.8 Å². The van der Waals surface area contributed by atoms with Gasteiger partial charge in [-0.3, -0.25) is 0 Å². The minimum absolute atomic E-state index is 0.831. The fourth-order valence-corrected chi connectivity index (χ4v) is 1.59. The van der Waals surface area contributed by atoms with E-state index < -0.39 is 0 Å². The van der Waals surface area contributed by atoms with Crippen LogP contribution in [0.1, 0.15) is 34.1 Å². The quantitative estimate of drug-likeness (QED) is 0.552. The SMILES string of the molecule is CC[CH]SCC(C)C(C)C. The van der Waals surface area contributed by atoms with Crippen LogP contribution in [0.25, 0.3) is 0 Å². The summed E-state index contributed by atoms with van der Waals surface area (Å²) in [5.41, 5.74) is 0. The molecule has 0 saturated carbocycles. The molecular formula is C9H19S. The Kier molecular flexibility index (Phi) is 6.30. The van der Waals surface area contributed by atoms with Crippen molar-refractivity contribution in [2.24, 2.45) is 11.8 Å². The Balaban J connectivity index is 3.13. The molecule has 0 aliphatic rings. The average Bonchev–Trinajstić information content (AvgIpc) is 1.88. The van der Waals surface area contributed by atoms with Crippen LogP contribution in [0.2, 0.25) is 0 Å². The highest BCUT2D eigenvalue weighted by Gasteiger charge is 2.05. The second-order valence-corrected chi connectivity index (χ2v) is 4.13. The first-order valence-corrected chi connectivity index (χ1v) is 5.16. The van der Waals surface area contributed by atoms with Crippen molar-refractivity contribution >= 4 is 11.8 Å². The van der Waals surface area contributed by atoms with Gasteiger partial charge in [-0.15, -0.1) is 0 Å². The van der Waals surface area contributed by atoms with Crippen LogP contribution < -0.4 is 0 Å². The Bertz CT molecular complexity index is 69.1. The zero-order chi connectivity index (χ0) is 7.98. The molecule has 0 amide bonds. The van der Waals surface area contributed by atoms with Crippen molar-refractivity contribution in [3.05, 3.63) is 5.75 Å². The Morgan fingerprint density at radius 3 is 2.30 bits per heavy atom. The predicted molar refractivity (Wildman–Crippen MR) is 51.1 cm³/mol. The summed E-state index contributed by atoms with van der Waals surface area (Å²) in [6.07, 6.45) is 1.19. The van der Waals surface area contributed by atoms with Crippen molar-refractivity contribution < 1.29 is 0 Å². The summed E-state index contributed by atoms with van der Waals surface area (Å²) >= 11 is 1.96. The van der Waals surface area contributed by atoms with Gasteiger partial charge in [0.05, 0.1) is 0 Å². The van der Waals surface area contributed by atoms with Crippen LogP contribution in [0.4, 0.5) is 0 Å². The molecule has 0 aliphatic heterocycles. The highest BCUT2D eigenvalue weighted by atomic mass is 32.2. The normalized spacial score (nSPS) is 14.1. The smallest absolute Gasteiger partial charge is 0.0163 e. The predicted octanol–water partition coefficient (Wildman–Crippen LogP) is 3.58. The van der Waals surface area contributed by atoms with Crippen LogP contribution in [0.3, 0.4) is 0 Å². The molecule has 61 valence electrons. The van der Waals surface area contributed by atoms with Crippen molar-refractivity contribution in [3.63, 3.8) is 0 Å². The van der Waals surface area contributed by atoms with Crippen LogP contribution in [0, 0.1) is 17.6 Å². The average molecular weight is 159 g/mol. The van der Waals surface area contributed by atoms with Gasteiger partial charge in [0.25, 0.3) is 0 Å². The molecule has 1 atom stereocenters. The van der Waals surface area contributed by atoms with E-state index in [2.05, 4.69) is 33.4 Å². The van der Waals surface area contributed by atoms with Crippen LogP contribution in [0.15, 0.2) is 0 Å². The molecule has 0 heterocycles. The lowest BCUT2D eigenvalue weighted by Crippen LogP contribution is -2.06. The molecule has 1 radical (unpaired) electrons. The molecule has 0 aromatic heterocycles. The lowest BCUT2D eigenvalue weighted by atomic mass is 10.0. The van der Waals surface area contributed by atoms with E-state index in [0.29, 0.717) is 0 Å². The lowest BCUT2D eigenvalue weighted by Gasteiger charge is -2.13. The minimum atomic E-state index is 0.831. The largest absolute Gasteiger partial charge is 0.157 e. The summed E-state index contributed by atoms with van der Waals surface area (Å²) < 4.78 is 0. The summed E-state index contributed by atoms with van der Waals surface area (Å²) in [5.74, 6) is 5.26. The van der Waals surface area contributed by atoms with Crippen molar-refractivity contribution in [1.82, 2.24) is 0 Å². The van der Waals surface area contributed by atoms with Crippen LogP contribution in [-0.4, -0.2) is 5.75 Å². The lowest BCUT2D eigenvalue weighted by molar-refractivity contribution is 0.465. The number of thioether (sulfide) groups is 1. The highest BCUT2D eigenvalue weighted by molar-refractivity contribution is 8.01. The van der Waals surface area contributed by atoms with Crippen molar-refractivity contribution in [3.8, 4) is 0 Å². The molecule has 0 nitrogen and oxygen atoms in total. The molecule has 0 fully saturated rings. The van der Waals surface area contributed by atoms with Crippen molar-refractivity contribution in [2.75, 3.05) is 5.75 Å². The molecular weight excluding hydrogens is 140 g/mol. The molecule has 1 heteroatoms. The topological polar surface area (TPSA) is 0 Å². The summed E-state index contributed by atoms with van der Waals surface area (Å²) in [5, 5.41) is 0. The molecule has 0 rings (SSSR count). The Morgan fingerprint density at radius 2 is 1.90 bits per heavy atom. The van der Waals surface area contributed by atoms with Gasteiger partial charge in [0.1, 0.15) is 0 Å². The van der Waals surface area contributed by atoms with Gasteiger partial charge in [-0.2, -0.15) is 11.8 Å². The first-order chi connectivity index (χ1) is 4.68. The summed E-state index contributed by atoms with van der Waals surface area (Å²) in [7, 11) is 0. The third kappa shape index (κ3) is 5.16. The van der Waals surface area contributed by atoms with Crippen molar-refractivity contribution in [1.29, 1.82) is 0 Å². The van der Waals surface area contributed by atoms with E-state index in [4.69, 9.17) is 0 Å². The van der Waals surface area contributed by atoms with Gasteiger partial charge in [-0.1, -0.05) is 27.7 Å². The monoisotopic (exact) mass is 159 g/mol. The highest BCUT2D eigenvalue weighted by Crippen LogP contribution is 2.18. The van der Waals surface area contributed by atoms with Gasteiger partial charge in [0.15, 0.2) is 0 Å². The first kappa shape index (κ1) is 10.3. The number of hydrogen-bond acceptors (Lipinski definition) is 1. The van der Waals surface area contributed by atoms with E-state index in [0.717, 1.165) is 11.8 Å². The molecule has 0 aliphatic carbocycles. The third-order valence-corrected chi connectivity index (χ3v) is 3.07. The first-order valence-electron chi connectivity index (χ1n) is 4.11. The van der Waals surface area contributed by atoms with Crippen LogP contribution in [-0.2, 0) is 0 Å². The van der Waals surface area contributed by atoms with Gasteiger partial charge >= 0.3 is 0 Å². The summed E-state index contributed by atoms with van der Waals surface area (Å²) in [6.45, 7) is 9.09. The van der Waals surface area contributed by atoms with Crippen LogP contribution in [0.5, 0.6) is 0 Å². The van der Waals surface area contributed by atoms with Gasteiger partial charge in [-0.25, -0.2) is 0 Å². The summed E-state index contributed by atoms with van der Waals surface area (Å²) in [6, 6.07) is 0. The third-order valence-electron chi connectivity index (χ3n) is 1.78. The Hall–Kier alpha value is 0.350. The molecule has 0 aromatic rings. The van der Waals surface area contributed by atoms with Gasteiger partial charge in [0.2, 0.25) is 0 Å². The zero-order valence-electron chi connectivity index (χ0n) is 7.55. The van der Waals surface area contributed by atoms with E-state index in [-0.39, 0.29) is 0 Å². The van der Waals surface area contributed by atoms with E-state index in [1.165, 1.54) is 12.2 Å². The van der Waals surface area contributed by atoms with Gasteiger partial charge in [0, 0.05) is 5.75 Å². The number of hydrogen-bond donors (Lipinski definition) is 0. The maximum absolute atomic E-state index is 2.32. The second kappa shape index (κ2) is 6.09. The summed E-state index contributed by atoms with van der Waals surface area (Å²) in [4.78, 5) is 0. The molecule has 0 spiro atoms. The second-order valence-electron chi connectivity index (χ2n) is 3.13. The number of rotatable bonds is 5. The fourth-order valence-electron chi connectivity index (χ4n) is 0.530. The Labute approximate surface area is 69.8 Å². The maximum Gasteiger partial charge on any atom is 0.0163 e. The minimum Gasteiger partial charge on any atom is -0.157 e. The molecule has 1 unspecified atom stereocenters. The zero-order valence-corrected chi connectivity index (χ0v) is 8.37. The molecule has 0 saturated heterocycles. The Morgan fingerprint density at radius 1 is 1.30 bits per heavy atom. The van der Waals surface area contributed by atoms with Crippen molar-refractivity contribution in [2.45, 2.75) is 34.1 Å².